The van der Waals surface area contributed by atoms with Crippen LogP contribution in [0.25, 0.3) is 0 Å². The summed E-state index contributed by atoms with van der Waals surface area (Å²) in [7, 11) is 1.65. The Morgan fingerprint density at radius 1 is 1.40 bits per heavy atom. The van der Waals surface area contributed by atoms with Crippen LogP contribution in [0.1, 0.15) is 31.2 Å². The normalized spacial score (nSPS) is 22.5. The Labute approximate surface area is 127 Å². The topological polar surface area (TPSA) is 58.6 Å². The van der Waals surface area contributed by atoms with Gasteiger partial charge in [0.25, 0.3) is 0 Å². The molecule has 0 amide bonds. The molecule has 0 aliphatic heterocycles. The van der Waals surface area contributed by atoms with E-state index in [1.165, 1.54) is 5.56 Å². The van der Waals surface area contributed by atoms with Gasteiger partial charge in [-0.2, -0.15) is 0 Å². The molecule has 0 saturated heterocycles. The minimum atomic E-state index is -0.650. The predicted octanol–water partition coefficient (Wildman–Crippen LogP) is 3.19. The van der Waals surface area contributed by atoms with Crippen molar-refractivity contribution >= 4 is 21.9 Å². The molecule has 4 nitrogen and oxygen atoms in total. The zero-order valence-electron chi connectivity index (χ0n) is 11.6. The first kappa shape index (κ1) is 15.3. The van der Waals surface area contributed by atoms with E-state index in [1.807, 2.05) is 12.1 Å². The molecule has 110 valence electrons. The van der Waals surface area contributed by atoms with E-state index >= 15 is 0 Å². The average Bonchev–Trinajstić information content (AvgIpc) is 2.45. The van der Waals surface area contributed by atoms with Crippen molar-refractivity contribution in [2.24, 2.45) is 5.92 Å². The molecule has 0 aromatic heterocycles. The van der Waals surface area contributed by atoms with Gasteiger partial charge in [-0.25, -0.2) is 0 Å². The molecular formula is C15H20BrNO3. The van der Waals surface area contributed by atoms with Crippen LogP contribution in [0.15, 0.2) is 22.7 Å². The van der Waals surface area contributed by atoms with Gasteiger partial charge >= 0.3 is 5.97 Å². The second-order valence-corrected chi connectivity index (χ2v) is 6.09. The lowest BCUT2D eigenvalue weighted by Gasteiger charge is -2.27. The Bertz CT molecular complexity index is 470. The van der Waals surface area contributed by atoms with E-state index in [9.17, 15) is 4.79 Å². The predicted molar refractivity (Wildman–Crippen MR) is 80.9 cm³/mol. The molecule has 2 rings (SSSR count). The summed E-state index contributed by atoms with van der Waals surface area (Å²) in [5.41, 5.74) is 1.19. The van der Waals surface area contributed by atoms with E-state index in [1.54, 1.807) is 7.11 Å². The van der Waals surface area contributed by atoms with Crippen molar-refractivity contribution in [2.75, 3.05) is 7.11 Å². The Balaban J connectivity index is 1.81. The zero-order chi connectivity index (χ0) is 14.5. The Hall–Kier alpha value is -1.07. The van der Waals surface area contributed by atoms with Crippen LogP contribution in [0.3, 0.4) is 0 Å². The maximum Gasteiger partial charge on any atom is 0.306 e. The molecule has 0 heterocycles. The third-order valence-corrected chi connectivity index (χ3v) is 4.51. The number of methoxy groups -OCH3 is 1. The highest BCUT2D eigenvalue weighted by atomic mass is 79.9. The molecular weight excluding hydrogens is 322 g/mol. The largest absolute Gasteiger partial charge is 0.496 e. The van der Waals surface area contributed by atoms with E-state index in [2.05, 4.69) is 27.3 Å². The first-order valence-corrected chi connectivity index (χ1v) is 7.68. The number of carbonyl (C=O) groups is 1. The van der Waals surface area contributed by atoms with E-state index in [0.717, 1.165) is 42.5 Å². The molecule has 0 radical (unpaired) electrons. The highest BCUT2D eigenvalue weighted by molar-refractivity contribution is 9.10. The number of ether oxygens (including phenoxy) is 1. The molecule has 1 aromatic rings. The van der Waals surface area contributed by atoms with E-state index in [-0.39, 0.29) is 5.92 Å². The number of hydrogen-bond acceptors (Lipinski definition) is 3. The molecule has 20 heavy (non-hydrogen) atoms. The van der Waals surface area contributed by atoms with Crippen LogP contribution in [0.4, 0.5) is 0 Å². The highest BCUT2D eigenvalue weighted by Gasteiger charge is 2.25. The number of rotatable bonds is 5. The van der Waals surface area contributed by atoms with Gasteiger partial charge in [0.05, 0.1) is 17.5 Å². The van der Waals surface area contributed by atoms with Crippen LogP contribution < -0.4 is 10.1 Å². The van der Waals surface area contributed by atoms with Gasteiger partial charge in [-0.05, 0) is 59.3 Å². The highest BCUT2D eigenvalue weighted by Crippen LogP contribution is 2.27. The van der Waals surface area contributed by atoms with Gasteiger partial charge in [-0.3, -0.25) is 4.79 Å². The van der Waals surface area contributed by atoms with Crippen molar-refractivity contribution in [3.63, 3.8) is 0 Å². The third kappa shape index (κ3) is 3.96. The Kier molecular flexibility index (Phi) is 5.43. The summed E-state index contributed by atoms with van der Waals surface area (Å²) < 4.78 is 6.16. The fraction of sp³-hybridized carbons (Fsp3) is 0.533. The van der Waals surface area contributed by atoms with Gasteiger partial charge in [0.15, 0.2) is 0 Å². The van der Waals surface area contributed by atoms with Crippen molar-refractivity contribution in [3.8, 4) is 5.75 Å². The van der Waals surface area contributed by atoms with Crippen LogP contribution in [0.2, 0.25) is 0 Å². The summed E-state index contributed by atoms with van der Waals surface area (Å²) in [6.07, 6.45) is 3.43. The fourth-order valence-corrected chi connectivity index (χ4v) is 3.21. The van der Waals surface area contributed by atoms with E-state index in [4.69, 9.17) is 9.84 Å². The first-order valence-electron chi connectivity index (χ1n) is 6.88. The van der Waals surface area contributed by atoms with E-state index in [0.29, 0.717) is 6.04 Å². The van der Waals surface area contributed by atoms with Gasteiger partial charge < -0.3 is 15.2 Å². The summed E-state index contributed by atoms with van der Waals surface area (Å²) >= 11 is 3.48. The fourth-order valence-electron chi connectivity index (χ4n) is 2.63. The second-order valence-electron chi connectivity index (χ2n) is 5.24. The minimum Gasteiger partial charge on any atom is -0.496 e. The lowest BCUT2D eigenvalue weighted by Crippen LogP contribution is -2.34. The van der Waals surface area contributed by atoms with Gasteiger partial charge in [0.2, 0.25) is 0 Å². The van der Waals surface area contributed by atoms with Crippen molar-refractivity contribution in [2.45, 2.75) is 38.3 Å². The Morgan fingerprint density at radius 2 is 2.10 bits per heavy atom. The quantitative estimate of drug-likeness (QED) is 0.863. The monoisotopic (exact) mass is 341 g/mol. The number of aliphatic carboxylic acids is 1. The van der Waals surface area contributed by atoms with Crippen LogP contribution in [0.5, 0.6) is 5.75 Å². The number of benzene rings is 1. The molecule has 1 fully saturated rings. The zero-order valence-corrected chi connectivity index (χ0v) is 13.1. The molecule has 0 spiro atoms. The van der Waals surface area contributed by atoms with Crippen LogP contribution >= 0.6 is 15.9 Å². The molecule has 0 bridgehead atoms. The van der Waals surface area contributed by atoms with Crippen molar-refractivity contribution < 1.29 is 14.6 Å². The molecule has 1 aliphatic carbocycles. The molecule has 0 atom stereocenters. The Morgan fingerprint density at radius 3 is 2.65 bits per heavy atom. The minimum absolute atomic E-state index is 0.150. The van der Waals surface area contributed by atoms with E-state index < -0.39 is 5.97 Å². The van der Waals surface area contributed by atoms with Gasteiger partial charge in [0.1, 0.15) is 5.75 Å². The average molecular weight is 342 g/mol. The SMILES string of the molecule is COc1ccc(CNC2CCC(C(=O)O)CC2)cc1Br. The van der Waals surface area contributed by atoms with Gasteiger partial charge in [-0.15, -0.1) is 0 Å². The van der Waals surface area contributed by atoms with Crippen molar-refractivity contribution in [1.82, 2.24) is 5.32 Å². The summed E-state index contributed by atoms with van der Waals surface area (Å²) in [5.74, 6) is 0.0291. The lowest BCUT2D eigenvalue weighted by molar-refractivity contribution is -0.142. The summed E-state index contributed by atoms with van der Waals surface area (Å²) in [6.45, 7) is 0.797. The molecule has 1 saturated carbocycles. The number of hydrogen-bond donors (Lipinski definition) is 2. The maximum atomic E-state index is 10.9. The number of carboxylic acid groups (broad SMARTS) is 1. The van der Waals surface area contributed by atoms with Gasteiger partial charge in [0, 0.05) is 12.6 Å². The maximum absolute atomic E-state index is 10.9. The van der Waals surface area contributed by atoms with Crippen LogP contribution in [-0.2, 0) is 11.3 Å². The van der Waals surface area contributed by atoms with Crippen molar-refractivity contribution in [1.29, 1.82) is 0 Å². The van der Waals surface area contributed by atoms with Gasteiger partial charge in [-0.1, -0.05) is 6.07 Å². The van der Waals surface area contributed by atoms with Crippen LogP contribution in [-0.4, -0.2) is 24.2 Å². The second kappa shape index (κ2) is 7.09. The number of nitrogens with one attached hydrogen (secondary N) is 1. The number of carboxylic acids is 1. The first-order chi connectivity index (χ1) is 9.60. The molecule has 0 unspecified atom stereocenters. The van der Waals surface area contributed by atoms with Crippen LogP contribution in [0, 0.1) is 5.92 Å². The third-order valence-electron chi connectivity index (χ3n) is 3.89. The molecule has 1 aliphatic rings. The summed E-state index contributed by atoms with van der Waals surface area (Å²) in [6, 6.07) is 6.46. The standard InChI is InChI=1S/C15H20BrNO3/c1-20-14-7-2-10(8-13(14)16)9-17-12-5-3-11(4-6-12)15(18)19/h2,7-8,11-12,17H,3-6,9H2,1H3,(H,18,19). The molecule has 5 heteroatoms. The number of halogens is 1. The molecule has 2 N–H and O–H groups in total. The summed E-state index contributed by atoms with van der Waals surface area (Å²) in [5, 5.41) is 12.5. The lowest BCUT2D eigenvalue weighted by atomic mass is 9.86. The molecule has 1 aromatic carbocycles. The van der Waals surface area contributed by atoms with Crippen molar-refractivity contribution in [3.05, 3.63) is 28.2 Å². The smallest absolute Gasteiger partial charge is 0.306 e. The summed E-state index contributed by atoms with van der Waals surface area (Å²) in [4.78, 5) is 10.9.